The molecule has 0 amide bonds. The quantitative estimate of drug-likeness (QED) is 0.00903. The highest BCUT2D eigenvalue weighted by Gasteiger charge is 2.42. The van der Waals surface area contributed by atoms with Crippen molar-refractivity contribution in [2.75, 3.05) is 33.0 Å². The van der Waals surface area contributed by atoms with Crippen molar-refractivity contribution in [2.24, 2.45) is 28.6 Å². The predicted molar refractivity (Wildman–Crippen MR) is 582 cm³/mol. The molecule has 0 saturated carbocycles. The second-order valence-electron chi connectivity index (χ2n) is 37.0. The van der Waals surface area contributed by atoms with Crippen LogP contribution in [-0.2, 0) is 39.7 Å². The number of rotatable bonds is 61. The molecule has 7 unspecified atom stereocenters. The first-order valence-electron chi connectivity index (χ1n) is 51.9. The summed E-state index contributed by atoms with van der Waals surface area (Å²) in [6.45, 7) is 40.7. The van der Waals surface area contributed by atoms with Gasteiger partial charge in [0.2, 0.25) is 0 Å². The molecule has 1 aliphatic rings. The van der Waals surface area contributed by atoms with E-state index in [4.69, 9.17) is 62.3 Å². The standard InChI is InChI=1S/C62H82BNO8S2.C23H36O2.C14H30O.C9H7ClO.C9H8O2.C2H6/c1-8-12-17-22-46(10-3)23-18-14-15-21-39-68-57(65)50-32-30-48(31-33-50)53(40-61(5,6)45-64)41-62(7,60(67)69-38-13-9-2)42-56(74-59(73)52-24-19-16-20-25-52)49-28-26-47(27-29-49)43-70-58(66)51-34-36-54(37-35-51)63-71-44-55(11-4)72-63;1-4-7-10-13-20(5-2)14-11-8-9-12-19-25-23(24)22-17-15-21(6-3)16-18-22;1-3-5-8-11-14(4-2)12-9-6-7-10-13-15;2*1-2-7-3-5-8(6-4-7)9(10)11;1-2/h16,19-20,24-37,46,53,55-56H,8-15,17-18,21-23,38-44H2,1-7H3;6,15-18,20H,3-5,7-14,19H2,1-2H3;14-15H,3-13H2,1-2H3;2-6H,1H2;2-6H,1H2,(H,10,11);1-2H3. The van der Waals surface area contributed by atoms with Crippen molar-refractivity contribution in [1.82, 2.24) is 0 Å². The minimum Gasteiger partial charge on any atom is -0.478 e. The van der Waals surface area contributed by atoms with Gasteiger partial charge in [-0.2, -0.15) is 5.26 Å². The maximum atomic E-state index is 14.7. The summed E-state index contributed by atoms with van der Waals surface area (Å²) in [7, 11) is -0.441. The van der Waals surface area contributed by atoms with Crippen LogP contribution in [0.1, 0.15) is 423 Å². The SMILES string of the molecule is C=Cc1ccc(C(=O)Cl)cc1.C=Cc1ccc(C(=O)O)cc1.C=Cc1ccc(C(=O)OCCCCCCC(CC)CCCCC)cc1.CC.CCCCCC(CC)CCCCCCO.CCCCCC(CC)CCCCCCOC(=O)c1ccc(C(CC(C)(C)C#N)CC(C)(CC(SC(=S)c2ccccc2)c2ccc(COC(=O)c3ccc(B4OCC(CC)O4)cc3)cc2)C(=O)OCCCC)cc1. The number of halogens is 1. The van der Waals surface area contributed by atoms with Crippen molar-refractivity contribution >= 4 is 106 Å². The summed E-state index contributed by atoms with van der Waals surface area (Å²) in [6, 6.07) is 55.8. The van der Waals surface area contributed by atoms with Gasteiger partial charge in [0.15, 0.2) is 0 Å². The van der Waals surface area contributed by atoms with Crippen molar-refractivity contribution in [1.29, 1.82) is 5.26 Å². The number of carbonyl (C=O) groups is 6. The van der Waals surface area contributed by atoms with Crippen LogP contribution in [0.25, 0.3) is 18.2 Å². The topological polar surface area (TPSA) is 222 Å². The number of hydrogen-bond donors (Lipinski definition) is 2. The zero-order chi connectivity index (χ0) is 102. The Kier molecular flexibility index (Phi) is 66.8. The predicted octanol–water partition coefficient (Wildman–Crippen LogP) is 32.6. The summed E-state index contributed by atoms with van der Waals surface area (Å²) in [5.41, 5.74) is 7.95. The molecule has 7 aromatic carbocycles. The number of carboxylic acids is 1. The van der Waals surface area contributed by atoms with Crippen LogP contribution in [0.3, 0.4) is 0 Å². The Balaban J connectivity index is 0.000000607. The van der Waals surface area contributed by atoms with Crippen LogP contribution in [0, 0.1) is 39.9 Å². The number of unbranched alkanes of at least 4 members (excludes halogenated alkanes) is 16. The number of ether oxygens (including phenoxy) is 4. The molecule has 7 aromatic rings. The molecule has 756 valence electrons. The highest BCUT2D eigenvalue weighted by atomic mass is 35.5. The van der Waals surface area contributed by atoms with E-state index >= 15 is 0 Å². The summed E-state index contributed by atoms with van der Waals surface area (Å²) < 4.78 is 35.4. The van der Waals surface area contributed by atoms with E-state index in [9.17, 15) is 34.0 Å². The van der Waals surface area contributed by atoms with Gasteiger partial charge in [-0.05, 0) is 212 Å². The van der Waals surface area contributed by atoms with Crippen LogP contribution in [0.5, 0.6) is 0 Å². The third kappa shape index (κ3) is 51.4. The first-order valence-corrected chi connectivity index (χ1v) is 53.5. The Morgan fingerprint density at radius 2 is 0.870 bits per heavy atom. The Morgan fingerprint density at radius 1 is 0.478 bits per heavy atom. The number of nitriles is 1. The summed E-state index contributed by atoms with van der Waals surface area (Å²) in [6.07, 6.45) is 47.0. The molecule has 0 spiro atoms. The second kappa shape index (κ2) is 74.9. The van der Waals surface area contributed by atoms with Crippen molar-refractivity contribution in [3.63, 3.8) is 0 Å². The van der Waals surface area contributed by atoms with E-state index in [-0.39, 0.29) is 41.8 Å². The van der Waals surface area contributed by atoms with E-state index in [0.717, 1.165) is 120 Å². The van der Waals surface area contributed by atoms with Gasteiger partial charge < -0.3 is 38.5 Å². The number of benzene rings is 7. The number of aliphatic hydroxyl groups excluding tert-OH is 1. The molecule has 1 heterocycles. The fourth-order valence-electron chi connectivity index (χ4n) is 16.4. The number of carbonyl (C=O) groups excluding carboxylic acids is 5. The van der Waals surface area contributed by atoms with E-state index < -0.39 is 35.1 Å². The van der Waals surface area contributed by atoms with E-state index in [1.807, 2.05) is 126 Å². The van der Waals surface area contributed by atoms with Crippen molar-refractivity contribution < 1.29 is 67.2 Å². The van der Waals surface area contributed by atoms with E-state index in [1.165, 1.54) is 166 Å². The smallest absolute Gasteiger partial charge is 0.478 e. The molecule has 7 atom stereocenters. The molecule has 1 saturated heterocycles. The van der Waals surface area contributed by atoms with E-state index in [2.05, 4.69) is 81.2 Å². The van der Waals surface area contributed by atoms with Gasteiger partial charge in [0, 0.05) is 17.4 Å². The summed E-state index contributed by atoms with van der Waals surface area (Å²) in [5.74, 6) is 0.228. The summed E-state index contributed by atoms with van der Waals surface area (Å²) in [5, 5.41) is 26.8. The van der Waals surface area contributed by atoms with Gasteiger partial charge in [-0.15, -0.1) is 11.8 Å². The molecule has 19 heteroatoms. The number of aliphatic hydroxyl groups is 1. The molecule has 0 aromatic heterocycles. The maximum absolute atomic E-state index is 14.7. The number of carboxylic acid groups (broad SMARTS) is 1. The van der Waals surface area contributed by atoms with Crippen LogP contribution in [0.15, 0.2) is 196 Å². The minimum atomic E-state index is -1.03. The van der Waals surface area contributed by atoms with Gasteiger partial charge in [0.25, 0.3) is 5.24 Å². The molecule has 0 bridgehead atoms. The lowest BCUT2D eigenvalue weighted by molar-refractivity contribution is -0.156. The van der Waals surface area contributed by atoms with Crippen molar-refractivity contribution in [3.8, 4) is 6.07 Å². The average molecular weight is 1950 g/mol. The zero-order valence-electron chi connectivity index (χ0n) is 86.3. The monoisotopic (exact) mass is 1950 g/mol. The number of nitrogens with zero attached hydrogens (tertiary/aromatic N) is 1. The van der Waals surface area contributed by atoms with Crippen LogP contribution in [0.2, 0.25) is 0 Å². The van der Waals surface area contributed by atoms with Gasteiger partial charge in [0.05, 0.1) is 75.9 Å². The third-order valence-electron chi connectivity index (χ3n) is 25.4. The van der Waals surface area contributed by atoms with Crippen LogP contribution < -0.4 is 5.46 Å². The first-order chi connectivity index (χ1) is 66.7. The maximum Gasteiger partial charge on any atom is 0.494 e. The first kappa shape index (κ1) is 123. The number of hydrogen-bond acceptors (Lipinski definition) is 16. The lowest BCUT2D eigenvalue weighted by atomic mass is 9.70. The van der Waals surface area contributed by atoms with Crippen LogP contribution >= 0.6 is 35.6 Å². The number of thiocarbonyl (C=S) groups is 1. The highest BCUT2D eigenvalue weighted by Crippen LogP contribution is 2.49. The molecule has 1 fully saturated rings. The van der Waals surface area contributed by atoms with Gasteiger partial charge in [-0.25, -0.2) is 19.2 Å². The van der Waals surface area contributed by atoms with Crippen molar-refractivity contribution in [2.45, 2.75) is 345 Å². The van der Waals surface area contributed by atoms with E-state index in [1.54, 1.807) is 103 Å². The lowest BCUT2D eigenvalue weighted by Crippen LogP contribution is -2.34. The second-order valence-corrected chi connectivity index (χ2v) is 39.2. The fraction of sp³-hybridized carbons (Fsp3) is 0.529. The van der Waals surface area contributed by atoms with Crippen LogP contribution in [-0.4, -0.2) is 95.8 Å². The Bertz CT molecular complexity index is 4480. The molecule has 8 rings (SSSR count). The molecule has 2 N–H and O–H groups in total. The molecule has 1 aliphatic heterocycles. The van der Waals surface area contributed by atoms with Gasteiger partial charge in [-0.1, -0.05) is 414 Å². The fourth-order valence-corrected chi connectivity index (χ4v) is 18.3. The molecular weight excluding hydrogens is 1780 g/mol. The van der Waals surface area contributed by atoms with Gasteiger partial charge >= 0.3 is 37.0 Å². The Labute approximate surface area is 847 Å². The molecular formula is C119H169BClNO14S2. The zero-order valence-corrected chi connectivity index (χ0v) is 88.7. The van der Waals surface area contributed by atoms with E-state index in [0.29, 0.717) is 84.3 Å². The molecule has 138 heavy (non-hydrogen) atoms. The Hall–Kier alpha value is -9.06. The minimum absolute atomic E-state index is 0.0648. The lowest BCUT2D eigenvalue weighted by Gasteiger charge is -2.36. The average Bonchev–Trinajstić information content (AvgIpc) is 0.958. The molecule has 0 radical (unpaired) electrons. The van der Waals surface area contributed by atoms with Gasteiger partial charge in [0.1, 0.15) is 6.61 Å². The number of aromatic carboxylic acids is 1. The largest absolute Gasteiger partial charge is 0.494 e. The van der Waals surface area contributed by atoms with Crippen molar-refractivity contribution in [3.05, 3.63) is 262 Å². The molecule has 0 aliphatic carbocycles. The number of esters is 4. The van der Waals surface area contributed by atoms with Gasteiger partial charge in [-0.3, -0.25) is 9.59 Å². The normalized spacial score (nSPS) is 13.4. The number of thioether (sulfide) groups is 1. The Morgan fingerprint density at radius 3 is 1.27 bits per heavy atom. The summed E-state index contributed by atoms with van der Waals surface area (Å²) in [4.78, 5) is 74.0. The van der Waals surface area contributed by atoms with Crippen LogP contribution in [0.4, 0.5) is 0 Å². The third-order valence-corrected chi connectivity index (χ3v) is 27.3. The summed E-state index contributed by atoms with van der Waals surface area (Å²) >= 11 is 12.9. The molecule has 15 nitrogen and oxygen atoms in total. The highest BCUT2D eigenvalue weighted by molar-refractivity contribution is 8.23.